The molecule has 1 heterocycles. The van der Waals surface area contributed by atoms with E-state index in [4.69, 9.17) is 4.52 Å². The summed E-state index contributed by atoms with van der Waals surface area (Å²) in [6.07, 6.45) is 0. The standard InChI is InChI=1S/C19H20N2O3S/c1-14-8-7-11-18(12-14)25(22,23)21(17-9-5-4-6-10-17)13-19-15(2)20-24-16(19)3/h4-12H,13H2,1-3H3. The van der Waals surface area contributed by atoms with E-state index in [1.54, 1.807) is 37.3 Å². The maximum atomic E-state index is 13.3. The molecule has 0 aliphatic heterocycles. The summed E-state index contributed by atoms with van der Waals surface area (Å²) in [5.74, 6) is 0.623. The van der Waals surface area contributed by atoms with Gasteiger partial charge in [0.2, 0.25) is 0 Å². The summed E-state index contributed by atoms with van der Waals surface area (Å²) < 4.78 is 33.2. The lowest BCUT2D eigenvalue weighted by Crippen LogP contribution is -2.31. The molecule has 0 radical (unpaired) electrons. The molecule has 0 aliphatic rings. The highest BCUT2D eigenvalue weighted by atomic mass is 32.2. The van der Waals surface area contributed by atoms with Crippen LogP contribution in [-0.2, 0) is 16.6 Å². The number of para-hydroxylation sites is 1. The zero-order chi connectivity index (χ0) is 18.0. The molecule has 0 fully saturated rings. The Labute approximate surface area is 147 Å². The van der Waals surface area contributed by atoms with Gasteiger partial charge in [-0.3, -0.25) is 4.31 Å². The van der Waals surface area contributed by atoms with E-state index in [-0.39, 0.29) is 11.4 Å². The van der Waals surface area contributed by atoms with Crippen molar-refractivity contribution < 1.29 is 12.9 Å². The molecule has 0 spiro atoms. The number of rotatable bonds is 5. The average molecular weight is 356 g/mol. The number of hydrogen-bond acceptors (Lipinski definition) is 4. The normalized spacial score (nSPS) is 11.5. The summed E-state index contributed by atoms with van der Waals surface area (Å²) in [5, 5.41) is 3.94. The fourth-order valence-corrected chi connectivity index (χ4v) is 4.22. The summed E-state index contributed by atoms with van der Waals surface area (Å²) in [6, 6.07) is 16.0. The summed E-state index contributed by atoms with van der Waals surface area (Å²) in [4.78, 5) is 0.267. The molecule has 1 aromatic heterocycles. The molecule has 6 heteroatoms. The van der Waals surface area contributed by atoms with Crippen LogP contribution in [0.2, 0.25) is 0 Å². The average Bonchev–Trinajstić information content (AvgIpc) is 2.91. The molecule has 0 aliphatic carbocycles. The van der Waals surface area contributed by atoms with Gasteiger partial charge in [0.05, 0.1) is 22.8 Å². The van der Waals surface area contributed by atoms with Crippen molar-refractivity contribution in [1.29, 1.82) is 0 Å². The molecule has 25 heavy (non-hydrogen) atoms. The van der Waals surface area contributed by atoms with Gasteiger partial charge in [0.15, 0.2) is 0 Å². The Morgan fingerprint density at radius 3 is 2.32 bits per heavy atom. The lowest BCUT2D eigenvalue weighted by atomic mass is 10.2. The Hall–Kier alpha value is -2.60. The number of hydrogen-bond donors (Lipinski definition) is 0. The Kier molecular flexibility index (Phi) is 4.63. The van der Waals surface area contributed by atoms with Gasteiger partial charge in [-0.1, -0.05) is 35.5 Å². The minimum Gasteiger partial charge on any atom is -0.361 e. The van der Waals surface area contributed by atoms with Crippen molar-refractivity contribution in [2.75, 3.05) is 4.31 Å². The zero-order valence-corrected chi connectivity index (χ0v) is 15.2. The quantitative estimate of drug-likeness (QED) is 0.693. The second kappa shape index (κ2) is 6.72. The molecule has 0 N–H and O–H groups in total. The van der Waals surface area contributed by atoms with Crippen molar-refractivity contribution in [2.45, 2.75) is 32.2 Å². The summed E-state index contributed by atoms with van der Waals surface area (Å²) in [6.45, 7) is 5.65. The van der Waals surface area contributed by atoms with Crippen molar-refractivity contribution >= 4 is 15.7 Å². The molecule has 130 valence electrons. The van der Waals surface area contributed by atoms with E-state index in [2.05, 4.69) is 5.16 Å². The molecule has 2 aromatic carbocycles. The third-order valence-electron chi connectivity index (χ3n) is 4.10. The van der Waals surface area contributed by atoms with Crippen LogP contribution >= 0.6 is 0 Å². The predicted octanol–water partition coefficient (Wildman–Crippen LogP) is 4.00. The third kappa shape index (κ3) is 3.44. The number of sulfonamides is 1. The van der Waals surface area contributed by atoms with Crippen molar-refractivity contribution in [2.24, 2.45) is 0 Å². The van der Waals surface area contributed by atoms with E-state index >= 15 is 0 Å². The first-order valence-corrected chi connectivity index (χ1v) is 9.40. The van der Waals surface area contributed by atoms with Gasteiger partial charge >= 0.3 is 0 Å². The monoisotopic (exact) mass is 356 g/mol. The largest absolute Gasteiger partial charge is 0.361 e. The van der Waals surface area contributed by atoms with Gasteiger partial charge in [-0.25, -0.2) is 8.42 Å². The van der Waals surface area contributed by atoms with Crippen LogP contribution in [0, 0.1) is 20.8 Å². The van der Waals surface area contributed by atoms with Crippen LogP contribution in [0.15, 0.2) is 64.0 Å². The minimum absolute atomic E-state index is 0.168. The van der Waals surface area contributed by atoms with Crippen molar-refractivity contribution in [3.05, 3.63) is 77.2 Å². The fourth-order valence-electron chi connectivity index (χ4n) is 2.68. The highest BCUT2D eigenvalue weighted by molar-refractivity contribution is 7.92. The van der Waals surface area contributed by atoms with Crippen LogP contribution in [0.5, 0.6) is 0 Å². The van der Waals surface area contributed by atoms with E-state index in [1.807, 2.05) is 38.1 Å². The molecule has 5 nitrogen and oxygen atoms in total. The maximum Gasteiger partial charge on any atom is 0.264 e. The van der Waals surface area contributed by atoms with Crippen LogP contribution in [0.1, 0.15) is 22.6 Å². The van der Waals surface area contributed by atoms with E-state index in [9.17, 15) is 8.42 Å². The van der Waals surface area contributed by atoms with Crippen LogP contribution in [0.25, 0.3) is 0 Å². The van der Waals surface area contributed by atoms with Gasteiger partial charge in [0.1, 0.15) is 5.76 Å². The van der Waals surface area contributed by atoms with E-state index in [1.165, 1.54) is 4.31 Å². The molecule has 0 bridgehead atoms. The fraction of sp³-hybridized carbons (Fsp3) is 0.211. The molecule has 0 unspecified atom stereocenters. The second-order valence-electron chi connectivity index (χ2n) is 5.97. The van der Waals surface area contributed by atoms with Crippen molar-refractivity contribution in [3.8, 4) is 0 Å². The van der Waals surface area contributed by atoms with E-state index in [0.29, 0.717) is 17.1 Å². The number of aryl methyl sites for hydroxylation is 3. The maximum absolute atomic E-state index is 13.3. The van der Waals surface area contributed by atoms with Crippen LogP contribution < -0.4 is 4.31 Å². The Balaban J connectivity index is 2.11. The second-order valence-corrected chi connectivity index (χ2v) is 7.83. The molecule has 0 amide bonds. The molecule has 0 atom stereocenters. The minimum atomic E-state index is -3.72. The van der Waals surface area contributed by atoms with Gasteiger partial charge in [0.25, 0.3) is 10.0 Å². The van der Waals surface area contributed by atoms with Gasteiger partial charge in [-0.15, -0.1) is 0 Å². The highest BCUT2D eigenvalue weighted by Gasteiger charge is 2.27. The number of nitrogens with zero attached hydrogens (tertiary/aromatic N) is 2. The van der Waals surface area contributed by atoms with Gasteiger partial charge in [-0.05, 0) is 50.6 Å². The highest BCUT2D eigenvalue weighted by Crippen LogP contribution is 2.28. The Bertz CT molecular complexity index is 959. The Morgan fingerprint density at radius 1 is 1.00 bits per heavy atom. The molecule has 3 aromatic rings. The van der Waals surface area contributed by atoms with Crippen LogP contribution in [0.3, 0.4) is 0 Å². The molecule has 0 saturated heterocycles. The molecule has 3 rings (SSSR count). The third-order valence-corrected chi connectivity index (χ3v) is 5.87. The van der Waals surface area contributed by atoms with Gasteiger partial charge in [-0.2, -0.15) is 0 Å². The SMILES string of the molecule is Cc1cccc(S(=O)(=O)N(Cc2c(C)noc2C)c2ccccc2)c1. The lowest BCUT2D eigenvalue weighted by Gasteiger charge is -2.24. The Morgan fingerprint density at radius 2 is 1.72 bits per heavy atom. The summed E-state index contributed by atoms with van der Waals surface area (Å²) in [5.41, 5.74) is 2.97. The summed E-state index contributed by atoms with van der Waals surface area (Å²) in [7, 11) is -3.72. The van der Waals surface area contributed by atoms with E-state index < -0.39 is 10.0 Å². The molecular formula is C19H20N2O3S. The smallest absolute Gasteiger partial charge is 0.264 e. The van der Waals surface area contributed by atoms with Crippen molar-refractivity contribution in [3.63, 3.8) is 0 Å². The van der Waals surface area contributed by atoms with Crippen LogP contribution in [0.4, 0.5) is 5.69 Å². The first kappa shape index (κ1) is 17.2. The first-order chi connectivity index (χ1) is 11.9. The van der Waals surface area contributed by atoms with Crippen molar-refractivity contribution in [1.82, 2.24) is 5.16 Å². The van der Waals surface area contributed by atoms with Crippen LogP contribution in [-0.4, -0.2) is 13.6 Å². The van der Waals surface area contributed by atoms with Gasteiger partial charge < -0.3 is 4.52 Å². The lowest BCUT2D eigenvalue weighted by molar-refractivity contribution is 0.392. The summed E-state index contributed by atoms with van der Waals surface area (Å²) >= 11 is 0. The van der Waals surface area contributed by atoms with Gasteiger partial charge in [0, 0.05) is 5.56 Å². The molecular weight excluding hydrogens is 336 g/mol. The number of aromatic nitrogens is 1. The topological polar surface area (TPSA) is 63.4 Å². The molecule has 0 saturated carbocycles. The number of benzene rings is 2. The number of anilines is 1. The zero-order valence-electron chi connectivity index (χ0n) is 14.4. The first-order valence-electron chi connectivity index (χ1n) is 7.96. The predicted molar refractivity (Wildman–Crippen MR) is 97.0 cm³/mol. The van der Waals surface area contributed by atoms with E-state index in [0.717, 1.165) is 11.1 Å².